The van der Waals surface area contributed by atoms with Crippen molar-refractivity contribution in [3.63, 3.8) is 0 Å². The number of rotatable bonds is 18. The summed E-state index contributed by atoms with van der Waals surface area (Å²) in [5.41, 5.74) is 0. The summed E-state index contributed by atoms with van der Waals surface area (Å²) < 4.78 is 31.3. The van der Waals surface area contributed by atoms with Crippen molar-refractivity contribution in [1.29, 1.82) is 0 Å². The van der Waals surface area contributed by atoms with E-state index in [1.54, 1.807) is 0 Å². The quantitative estimate of drug-likeness (QED) is 0.216. The molecule has 0 fully saturated rings. The first kappa shape index (κ1) is 28.7. The predicted octanol–water partition coefficient (Wildman–Crippen LogP) is 2.16. The zero-order valence-corrected chi connectivity index (χ0v) is 20.6. The molecule has 0 aliphatic heterocycles. The standard InChI is InChI=1S/C19H40O4S.K/c1-2-3-4-5-10-13-16-19(20)17-14-11-8-6-7-9-12-15-18-24(21,22)23;/h19-20H,2-18H2,1H3,(H,21,22,23);/q;+1/p-1. The van der Waals surface area contributed by atoms with Gasteiger partial charge in [0.1, 0.15) is 0 Å². The molecular weight excluding hydrogens is 363 g/mol. The number of hydrogen-bond donors (Lipinski definition) is 1. The second-order valence-corrected chi connectivity index (χ2v) is 8.61. The molecule has 0 aliphatic carbocycles. The van der Waals surface area contributed by atoms with E-state index in [2.05, 4.69) is 6.92 Å². The fourth-order valence-electron chi connectivity index (χ4n) is 3.02. The van der Waals surface area contributed by atoms with Crippen molar-refractivity contribution < 1.29 is 69.5 Å². The number of aliphatic hydroxyl groups is 1. The smallest absolute Gasteiger partial charge is 0.748 e. The Hall–Kier alpha value is 1.51. The SMILES string of the molecule is CCCCCCCCC(O)CCCCCCCCCCS(=O)(=O)[O-].[K+]. The molecular formula is C19H39KO4S. The van der Waals surface area contributed by atoms with Crippen LogP contribution in [-0.4, -0.2) is 29.9 Å². The summed E-state index contributed by atoms with van der Waals surface area (Å²) in [6.07, 6.45) is 17.5. The first-order chi connectivity index (χ1) is 11.5. The van der Waals surface area contributed by atoms with Gasteiger partial charge in [-0.05, 0) is 19.3 Å². The Labute approximate surface area is 199 Å². The van der Waals surface area contributed by atoms with Crippen molar-refractivity contribution in [1.82, 2.24) is 0 Å². The van der Waals surface area contributed by atoms with Crippen LogP contribution in [0.25, 0.3) is 0 Å². The third-order valence-electron chi connectivity index (χ3n) is 4.57. The number of aliphatic hydroxyl groups excluding tert-OH is 1. The molecule has 0 rings (SSSR count). The maximum absolute atomic E-state index is 10.4. The van der Waals surface area contributed by atoms with Crippen LogP contribution >= 0.6 is 0 Å². The summed E-state index contributed by atoms with van der Waals surface area (Å²) in [5, 5.41) is 9.94. The minimum atomic E-state index is -4.02. The Morgan fingerprint density at radius 2 is 1.08 bits per heavy atom. The van der Waals surface area contributed by atoms with Gasteiger partial charge in [0.15, 0.2) is 0 Å². The molecule has 4 nitrogen and oxygen atoms in total. The molecule has 0 heterocycles. The first-order valence-corrected chi connectivity index (χ1v) is 11.6. The molecule has 0 radical (unpaired) electrons. The van der Waals surface area contributed by atoms with Crippen LogP contribution in [0.1, 0.15) is 110 Å². The molecule has 0 aromatic carbocycles. The van der Waals surface area contributed by atoms with Gasteiger partial charge >= 0.3 is 51.4 Å². The Balaban J connectivity index is 0. The second-order valence-electron chi connectivity index (χ2n) is 7.09. The van der Waals surface area contributed by atoms with Crippen LogP contribution in [0.4, 0.5) is 0 Å². The maximum atomic E-state index is 10.4. The van der Waals surface area contributed by atoms with Gasteiger partial charge in [-0.25, -0.2) is 8.42 Å². The predicted molar refractivity (Wildman–Crippen MR) is 100 cm³/mol. The van der Waals surface area contributed by atoms with Crippen molar-refractivity contribution in [3.05, 3.63) is 0 Å². The molecule has 0 bridgehead atoms. The molecule has 0 spiro atoms. The summed E-state index contributed by atoms with van der Waals surface area (Å²) in [5.74, 6) is -0.219. The van der Waals surface area contributed by atoms with Crippen LogP contribution in [0, 0.1) is 0 Å². The minimum absolute atomic E-state index is 0. The third kappa shape index (κ3) is 25.5. The average Bonchev–Trinajstić information content (AvgIpc) is 2.51. The molecule has 0 aliphatic rings. The van der Waals surface area contributed by atoms with Gasteiger partial charge in [0.05, 0.1) is 16.2 Å². The summed E-state index contributed by atoms with van der Waals surface area (Å²) >= 11 is 0. The van der Waals surface area contributed by atoms with Crippen molar-refractivity contribution >= 4 is 10.1 Å². The van der Waals surface area contributed by atoms with E-state index in [1.807, 2.05) is 0 Å². The minimum Gasteiger partial charge on any atom is -0.748 e. The van der Waals surface area contributed by atoms with E-state index in [4.69, 9.17) is 0 Å². The van der Waals surface area contributed by atoms with Crippen molar-refractivity contribution in [2.24, 2.45) is 0 Å². The zero-order chi connectivity index (χ0) is 18.1. The molecule has 146 valence electrons. The molecule has 6 heteroatoms. The van der Waals surface area contributed by atoms with Crippen LogP contribution in [0.2, 0.25) is 0 Å². The molecule has 1 unspecified atom stereocenters. The number of unbranched alkanes of at least 4 members (excludes halogenated alkanes) is 12. The molecule has 1 N–H and O–H groups in total. The summed E-state index contributed by atoms with van der Waals surface area (Å²) in [6.45, 7) is 2.23. The summed E-state index contributed by atoms with van der Waals surface area (Å²) in [6, 6.07) is 0. The van der Waals surface area contributed by atoms with Gasteiger partial charge < -0.3 is 9.66 Å². The molecule has 25 heavy (non-hydrogen) atoms. The molecule has 0 aromatic heterocycles. The van der Waals surface area contributed by atoms with E-state index in [1.165, 1.54) is 44.9 Å². The normalized spacial score (nSPS) is 12.8. The van der Waals surface area contributed by atoms with Gasteiger partial charge in [0.25, 0.3) is 0 Å². The largest absolute Gasteiger partial charge is 1.00 e. The van der Waals surface area contributed by atoms with Gasteiger partial charge in [-0.3, -0.25) is 0 Å². The summed E-state index contributed by atoms with van der Waals surface area (Å²) in [7, 11) is -4.02. The van der Waals surface area contributed by atoms with Gasteiger partial charge in [-0.2, -0.15) is 0 Å². The molecule has 1 atom stereocenters. The molecule has 0 saturated heterocycles. The van der Waals surface area contributed by atoms with E-state index in [-0.39, 0.29) is 63.2 Å². The van der Waals surface area contributed by atoms with Crippen molar-refractivity contribution in [2.75, 3.05) is 5.75 Å². The third-order valence-corrected chi connectivity index (χ3v) is 5.36. The topological polar surface area (TPSA) is 77.4 Å². The van der Waals surface area contributed by atoms with Crippen LogP contribution in [-0.2, 0) is 10.1 Å². The Kier molecular flexibility index (Phi) is 23.3. The van der Waals surface area contributed by atoms with Crippen molar-refractivity contribution in [2.45, 2.75) is 116 Å². The van der Waals surface area contributed by atoms with Gasteiger partial charge in [0.2, 0.25) is 0 Å². The van der Waals surface area contributed by atoms with E-state index in [9.17, 15) is 18.1 Å². The Bertz CT molecular complexity index is 360. The van der Waals surface area contributed by atoms with E-state index < -0.39 is 10.1 Å². The average molecular weight is 403 g/mol. The monoisotopic (exact) mass is 402 g/mol. The maximum Gasteiger partial charge on any atom is 1.00 e. The van der Waals surface area contributed by atoms with Gasteiger partial charge in [0, 0.05) is 5.75 Å². The first-order valence-electron chi connectivity index (χ1n) is 10.1. The molecule has 0 saturated carbocycles. The fraction of sp³-hybridized carbons (Fsp3) is 1.00. The van der Waals surface area contributed by atoms with Crippen LogP contribution < -0.4 is 51.4 Å². The second kappa shape index (κ2) is 20.2. The van der Waals surface area contributed by atoms with Crippen LogP contribution in [0.5, 0.6) is 0 Å². The van der Waals surface area contributed by atoms with Crippen LogP contribution in [0.15, 0.2) is 0 Å². The Morgan fingerprint density at radius 3 is 1.48 bits per heavy atom. The van der Waals surface area contributed by atoms with Gasteiger partial charge in [-0.15, -0.1) is 0 Å². The van der Waals surface area contributed by atoms with Crippen LogP contribution in [0.3, 0.4) is 0 Å². The fourth-order valence-corrected chi connectivity index (χ4v) is 3.58. The number of hydrogen-bond acceptors (Lipinski definition) is 4. The Morgan fingerprint density at radius 1 is 0.720 bits per heavy atom. The van der Waals surface area contributed by atoms with Crippen molar-refractivity contribution in [3.8, 4) is 0 Å². The summed E-state index contributed by atoms with van der Waals surface area (Å²) in [4.78, 5) is 0. The van der Waals surface area contributed by atoms with E-state index in [0.29, 0.717) is 6.42 Å². The van der Waals surface area contributed by atoms with E-state index >= 15 is 0 Å². The van der Waals surface area contributed by atoms with E-state index in [0.717, 1.165) is 51.4 Å². The molecule has 0 aromatic rings. The zero-order valence-electron chi connectivity index (χ0n) is 16.7. The van der Waals surface area contributed by atoms with Gasteiger partial charge in [-0.1, -0.05) is 90.4 Å². The molecule has 0 amide bonds.